The van der Waals surface area contributed by atoms with Gasteiger partial charge in [0.25, 0.3) is 0 Å². The van der Waals surface area contributed by atoms with Crippen LogP contribution >= 0.6 is 0 Å². The molecule has 1 aliphatic carbocycles. The molecule has 1 heterocycles. The van der Waals surface area contributed by atoms with E-state index in [1.807, 2.05) is 13.0 Å². The van der Waals surface area contributed by atoms with Crippen molar-refractivity contribution in [1.82, 2.24) is 9.97 Å². The maximum absolute atomic E-state index is 6.01. The summed E-state index contributed by atoms with van der Waals surface area (Å²) in [5, 5.41) is 0. The lowest BCUT2D eigenvalue weighted by Gasteiger charge is -2.27. The molecule has 2 N–H and O–H groups in total. The lowest BCUT2D eigenvalue weighted by atomic mass is 10.00. The van der Waals surface area contributed by atoms with E-state index in [0.717, 1.165) is 30.8 Å². The van der Waals surface area contributed by atoms with Gasteiger partial charge in [0.2, 0.25) is 0 Å². The number of ether oxygens (including phenoxy) is 1. The minimum Gasteiger partial charge on any atom is -0.384 e. The van der Waals surface area contributed by atoms with Crippen molar-refractivity contribution in [2.24, 2.45) is 5.92 Å². The topological polar surface area (TPSA) is 61.0 Å². The smallest absolute Gasteiger partial charge is 0.162 e. The van der Waals surface area contributed by atoms with Gasteiger partial charge in [-0.05, 0) is 44.9 Å². The van der Waals surface area contributed by atoms with Crippen LogP contribution in [0.25, 0.3) is 0 Å². The van der Waals surface area contributed by atoms with Gasteiger partial charge in [-0.3, -0.25) is 0 Å². The Bertz CT molecular complexity index is 425. The maximum Gasteiger partial charge on any atom is 0.162 e. The summed E-state index contributed by atoms with van der Waals surface area (Å²) >= 11 is 0. The Morgan fingerprint density at radius 1 is 1.32 bits per heavy atom. The zero-order valence-corrected chi connectivity index (χ0v) is 12.3. The predicted molar refractivity (Wildman–Crippen MR) is 76.8 cm³/mol. The van der Waals surface area contributed by atoms with Crippen molar-refractivity contribution < 1.29 is 4.74 Å². The molecule has 1 saturated carbocycles. The predicted octanol–water partition coefficient (Wildman–Crippen LogP) is 3.06. The number of nitrogens with two attached hydrogens (primary N) is 1. The molecule has 1 aliphatic rings. The zero-order valence-electron chi connectivity index (χ0n) is 12.3. The maximum atomic E-state index is 6.01. The van der Waals surface area contributed by atoms with Gasteiger partial charge in [-0.2, -0.15) is 0 Å². The molecule has 0 aliphatic heterocycles. The lowest BCUT2D eigenvalue weighted by Crippen LogP contribution is -2.29. The van der Waals surface area contributed by atoms with Crippen molar-refractivity contribution >= 4 is 5.82 Å². The molecule has 1 aromatic heterocycles. The van der Waals surface area contributed by atoms with Crippen LogP contribution in [0.5, 0.6) is 0 Å². The van der Waals surface area contributed by atoms with Crippen LogP contribution in [0.1, 0.15) is 58.0 Å². The number of rotatable bonds is 5. The van der Waals surface area contributed by atoms with Gasteiger partial charge in [0.1, 0.15) is 11.4 Å². The molecule has 0 atom stereocenters. The summed E-state index contributed by atoms with van der Waals surface area (Å²) in [6.45, 7) is 7.09. The SMILES string of the molecule is CCOC1(c2nc(N)cc(CC(C)C)n2)CCCC1. The molecule has 19 heavy (non-hydrogen) atoms. The summed E-state index contributed by atoms with van der Waals surface area (Å²) in [6.07, 6.45) is 5.30. The van der Waals surface area contributed by atoms with Crippen molar-refractivity contribution in [2.45, 2.75) is 58.5 Å². The van der Waals surface area contributed by atoms with Crippen LogP contribution in [-0.2, 0) is 16.8 Å². The highest BCUT2D eigenvalue weighted by molar-refractivity contribution is 5.31. The Kier molecular flexibility index (Phi) is 4.40. The third kappa shape index (κ3) is 3.24. The summed E-state index contributed by atoms with van der Waals surface area (Å²) in [5.41, 5.74) is 6.69. The summed E-state index contributed by atoms with van der Waals surface area (Å²) in [7, 11) is 0. The quantitative estimate of drug-likeness (QED) is 0.887. The second-order valence-electron chi connectivity index (χ2n) is 5.84. The summed E-state index contributed by atoms with van der Waals surface area (Å²) in [6, 6.07) is 1.89. The van der Waals surface area contributed by atoms with E-state index >= 15 is 0 Å². The Balaban J connectivity index is 2.34. The molecule has 0 bridgehead atoms. The molecule has 0 unspecified atom stereocenters. The molecule has 1 fully saturated rings. The number of aromatic nitrogens is 2. The number of nitrogens with zero attached hydrogens (tertiary/aromatic N) is 2. The summed E-state index contributed by atoms with van der Waals surface area (Å²) in [5.74, 6) is 1.92. The minimum atomic E-state index is -0.296. The number of nitrogen functional groups attached to an aromatic ring is 1. The molecule has 0 aromatic carbocycles. The number of anilines is 1. The highest BCUT2D eigenvalue weighted by Crippen LogP contribution is 2.40. The standard InChI is InChI=1S/C15H25N3O/c1-4-19-15(7-5-6-8-15)14-17-12(9-11(2)3)10-13(16)18-14/h10-11H,4-9H2,1-3H3,(H2,16,17,18). The highest BCUT2D eigenvalue weighted by atomic mass is 16.5. The van der Waals surface area contributed by atoms with Gasteiger partial charge in [-0.1, -0.05) is 13.8 Å². The van der Waals surface area contributed by atoms with Crippen LogP contribution in [0.4, 0.5) is 5.82 Å². The van der Waals surface area contributed by atoms with Crippen LogP contribution in [0.2, 0.25) is 0 Å². The van der Waals surface area contributed by atoms with Gasteiger partial charge in [0.05, 0.1) is 0 Å². The molecule has 4 nitrogen and oxygen atoms in total. The lowest BCUT2D eigenvalue weighted by molar-refractivity contribution is -0.0457. The van der Waals surface area contributed by atoms with Gasteiger partial charge in [0, 0.05) is 18.4 Å². The van der Waals surface area contributed by atoms with Gasteiger partial charge in [-0.15, -0.1) is 0 Å². The fourth-order valence-corrected chi connectivity index (χ4v) is 2.90. The molecule has 106 valence electrons. The van der Waals surface area contributed by atoms with Crippen LogP contribution in [0, 0.1) is 5.92 Å². The van der Waals surface area contributed by atoms with Crippen LogP contribution in [-0.4, -0.2) is 16.6 Å². The van der Waals surface area contributed by atoms with Crippen molar-refractivity contribution in [3.05, 3.63) is 17.6 Å². The molecule has 2 rings (SSSR count). The Morgan fingerprint density at radius 3 is 2.58 bits per heavy atom. The van der Waals surface area contributed by atoms with Gasteiger partial charge >= 0.3 is 0 Å². The summed E-state index contributed by atoms with van der Waals surface area (Å²) in [4.78, 5) is 9.19. The molecular formula is C15H25N3O. The van der Waals surface area contributed by atoms with E-state index in [0.29, 0.717) is 18.3 Å². The first kappa shape index (κ1) is 14.3. The van der Waals surface area contributed by atoms with Crippen LogP contribution in [0.3, 0.4) is 0 Å². The number of hydrogen-bond acceptors (Lipinski definition) is 4. The Morgan fingerprint density at radius 2 is 2.00 bits per heavy atom. The van der Waals surface area contributed by atoms with Crippen molar-refractivity contribution in [2.75, 3.05) is 12.3 Å². The van der Waals surface area contributed by atoms with Crippen molar-refractivity contribution in [3.8, 4) is 0 Å². The highest BCUT2D eigenvalue weighted by Gasteiger charge is 2.39. The zero-order chi connectivity index (χ0) is 13.9. The van der Waals surface area contributed by atoms with Crippen molar-refractivity contribution in [3.63, 3.8) is 0 Å². The van der Waals surface area contributed by atoms with E-state index in [2.05, 4.69) is 18.8 Å². The first-order chi connectivity index (χ1) is 9.05. The van der Waals surface area contributed by atoms with E-state index in [9.17, 15) is 0 Å². The monoisotopic (exact) mass is 263 g/mol. The average molecular weight is 263 g/mol. The minimum absolute atomic E-state index is 0.296. The fourth-order valence-electron chi connectivity index (χ4n) is 2.90. The van der Waals surface area contributed by atoms with Gasteiger partial charge < -0.3 is 10.5 Å². The first-order valence-corrected chi connectivity index (χ1v) is 7.33. The van der Waals surface area contributed by atoms with E-state index < -0.39 is 0 Å². The van der Waals surface area contributed by atoms with Crippen LogP contribution < -0.4 is 5.73 Å². The molecule has 1 aromatic rings. The summed E-state index contributed by atoms with van der Waals surface area (Å²) < 4.78 is 6.01. The molecule has 0 spiro atoms. The third-order valence-corrected chi connectivity index (χ3v) is 3.66. The van der Waals surface area contributed by atoms with Gasteiger partial charge in [0.15, 0.2) is 5.82 Å². The van der Waals surface area contributed by atoms with E-state index in [1.54, 1.807) is 0 Å². The fraction of sp³-hybridized carbons (Fsp3) is 0.733. The second-order valence-corrected chi connectivity index (χ2v) is 5.84. The molecule has 0 radical (unpaired) electrons. The second kappa shape index (κ2) is 5.87. The molecule has 4 heteroatoms. The van der Waals surface area contributed by atoms with Crippen LogP contribution in [0.15, 0.2) is 6.07 Å². The molecule has 0 amide bonds. The third-order valence-electron chi connectivity index (χ3n) is 3.66. The van der Waals surface area contributed by atoms with E-state index in [1.165, 1.54) is 12.8 Å². The normalized spacial score (nSPS) is 18.1. The number of hydrogen-bond donors (Lipinski definition) is 1. The van der Waals surface area contributed by atoms with E-state index in [4.69, 9.17) is 15.5 Å². The Hall–Kier alpha value is -1.16. The average Bonchev–Trinajstić information content (AvgIpc) is 2.77. The largest absolute Gasteiger partial charge is 0.384 e. The first-order valence-electron chi connectivity index (χ1n) is 7.33. The Labute approximate surface area is 115 Å². The van der Waals surface area contributed by atoms with E-state index in [-0.39, 0.29) is 5.60 Å². The molecule has 0 saturated heterocycles. The molecular weight excluding hydrogens is 238 g/mol. The van der Waals surface area contributed by atoms with Gasteiger partial charge in [-0.25, -0.2) is 9.97 Å². The van der Waals surface area contributed by atoms with Crippen molar-refractivity contribution in [1.29, 1.82) is 0 Å².